The molecule has 3 aromatic heterocycles. The molecule has 6 nitrogen and oxygen atoms in total. The first kappa shape index (κ1) is 15.3. The summed E-state index contributed by atoms with van der Waals surface area (Å²) in [4.78, 5) is 8.54. The van der Waals surface area contributed by atoms with Crippen LogP contribution in [0.5, 0.6) is 5.75 Å². The third kappa shape index (κ3) is 2.82. The Labute approximate surface area is 145 Å². The largest absolute Gasteiger partial charge is 0.497 e. The van der Waals surface area contributed by atoms with Crippen LogP contribution in [0.2, 0.25) is 0 Å². The molecule has 6 heteroatoms. The zero-order valence-corrected chi connectivity index (χ0v) is 14.2. The highest BCUT2D eigenvalue weighted by Crippen LogP contribution is 2.32. The van der Waals surface area contributed by atoms with Crippen LogP contribution in [0.3, 0.4) is 0 Å². The highest BCUT2D eigenvalue weighted by molar-refractivity contribution is 5.78. The zero-order valence-electron chi connectivity index (χ0n) is 14.2. The van der Waals surface area contributed by atoms with E-state index in [4.69, 9.17) is 4.74 Å². The average molecular weight is 333 g/mol. The molecule has 25 heavy (non-hydrogen) atoms. The lowest BCUT2D eigenvalue weighted by Crippen LogP contribution is -2.06. The van der Waals surface area contributed by atoms with Gasteiger partial charge in [0.25, 0.3) is 0 Å². The molecule has 0 atom stereocenters. The van der Waals surface area contributed by atoms with Gasteiger partial charge in [-0.3, -0.25) is 4.40 Å². The van der Waals surface area contributed by atoms with E-state index in [-0.39, 0.29) is 0 Å². The van der Waals surface area contributed by atoms with Gasteiger partial charge in [0, 0.05) is 43.0 Å². The van der Waals surface area contributed by atoms with Gasteiger partial charge in [-0.2, -0.15) is 0 Å². The van der Waals surface area contributed by atoms with Gasteiger partial charge in [0.15, 0.2) is 0 Å². The van der Waals surface area contributed by atoms with Crippen molar-refractivity contribution in [3.05, 3.63) is 67.0 Å². The number of anilines is 1. The number of benzene rings is 1. The number of aromatic nitrogens is 4. The fraction of sp³-hybridized carbons (Fsp3) is 0.158. The maximum absolute atomic E-state index is 5.40. The van der Waals surface area contributed by atoms with Crippen molar-refractivity contribution in [3.63, 3.8) is 0 Å². The summed E-state index contributed by atoms with van der Waals surface area (Å²) in [6.07, 6.45) is 7.45. The predicted molar refractivity (Wildman–Crippen MR) is 97.7 cm³/mol. The van der Waals surface area contributed by atoms with Crippen molar-refractivity contribution >= 4 is 11.3 Å². The van der Waals surface area contributed by atoms with Crippen LogP contribution in [0.25, 0.3) is 16.9 Å². The SMILES string of the molecule is COc1ccc(-c2cccc3nccn23)c(NCc2cncn2C)c1. The van der Waals surface area contributed by atoms with E-state index < -0.39 is 0 Å². The van der Waals surface area contributed by atoms with Gasteiger partial charge < -0.3 is 14.6 Å². The second-order valence-electron chi connectivity index (χ2n) is 5.83. The lowest BCUT2D eigenvalue weighted by molar-refractivity contribution is 0.415. The number of pyridine rings is 1. The van der Waals surface area contributed by atoms with Gasteiger partial charge in [-0.15, -0.1) is 0 Å². The molecule has 0 saturated heterocycles. The highest BCUT2D eigenvalue weighted by Gasteiger charge is 2.11. The lowest BCUT2D eigenvalue weighted by Gasteiger charge is -2.15. The molecule has 1 N–H and O–H groups in total. The van der Waals surface area contributed by atoms with Crippen molar-refractivity contribution in [1.29, 1.82) is 0 Å². The fourth-order valence-corrected chi connectivity index (χ4v) is 2.93. The van der Waals surface area contributed by atoms with Gasteiger partial charge in [0.2, 0.25) is 0 Å². The number of aryl methyl sites for hydroxylation is 1. The molecule has 4 rings (SSSR count). The highest BCUT2D eigenvalue weighted by atomic mass is 16.5. The van der Waals surface area contributed by atoms with Crippen molar-refractivity contribution in [2.45, 2.75) is 6.54 Å². The third-order valence-corrected chi connectivity index (χ3v) is 4.31. The van der Waals surface area contributed by atoms with E-state index in [1.54, 1.807) is 13.4 Å². The average Bonchev–Trinajstić information content (AvgIpc) is 3.28. The topological polar surface area (TPSA) is 56.4 Å². The van der Waals surface area contributed by atoms with E-state index >= 15 is 0 Å². The molecule has 0 saturated carbocycles. The molecule has 0 amide bonds. The Balaban J connectivity index is 1.77. The molecule has 0 aliphatic rings. The molecule has 0 unspecified atom stereocenters. The monoisotopic (exact) mass is 333 g/mol. The summed E-state index contributed by atoms with van der Waals surface area (Å²) in [5, 5.41) is 3.51. The summed E-state index contributed by atoms with van der Waals surface area (Å²) >= 11 is 0. The Morgan fingerprint density at radius 2 is 2.12 bits per heavy atom. The Morgan fingerprint density at radius 3 is 2.92 bits per heavy atom. The van der Waals surface area contributed by atoms with E-state index in [0.717, 1.165) is 34.0 Å². The molecule has 0 spiro atoms. The van der Waals surface area contributed by atoms with Crippen molar-refractivity contribution < 1.29 is 4.74 Å². The zero-order chi connectivity index (χ0) is 17.2. The maximum atomic E-state index is 5.40. The summed E-state index contributed by atoms with van der Waals surface area (Å²) in [6, 6.07) is 12.2. The summed E-state index contributed by atoms with van der Waals surface area (Å²) in [5.74, 6) is 0.814. The van der Waals surface area contributed by atoms with Crippen molar-refractivity contribution in [2.75, 3.05) is 12.4 Å². The fourth-order valence-electron chi connectivity index (χ4n) is 2.93. The quantitative estimate of drug-likeness (QED) is 0.608. The Bertz CT molecular complexity index is 1020. The lowest BCUT2D eigenvalue weighted by atomic mass is 10.1. The van der Waals surface area contributed by atoms with Crippen LogP contribution in [0, 0.1) is 0 Å². The summed E-state index contributed by atoms with van der Waals surface area (Å²) in [5.41, 5.74) is 5.19. The van der Waals surface area contributed by atoms with E-state index in [0.29, 0.717) is 6.54 Å². The Kier molecular flexibility index (Phi) is 3.85. The number of ether oxygens (including phenoxy) is 1. The smallest absolute Gasteiger partial charge is 0.137 e. The molecule has 3 heterocycles. The van der Waals surface area contributed by atoms with Crippen LogP contribution in [0.4, 0.5) is 5.69 Å². The molecule has 4 aromatic rings. The van der Waals surface area contributed by atoms with Crippen LogP contribution in [-0.4, -0.2) is 26.0 Å². The Hall–Kier alpha value is -3.28. The van der Waals surface area contributed by atoms with Gasteiger partial charge in [-0.1, -0.05) is 6.07 Å². The number of hydrogen-bond acceptors (Lipinski definition) is 4. The number of methoxy groups -OCH3 is 1. The van der Waals surface area contributed by atoms with Crippen LogP contribution in [-0.2, 0) is 13.6 Å². The van der Waals surface area contributed by atoms with E-state index in [1.807, 2.05) is 54.5 Å². The van der Waals surface area contributed by atoms with E-state index in [1.165, 1.54) is 0 Å². The first-order chi connectivity index (χ1) is 12.3. The molecule has 0 aliphatic carbocycles. The second kappa shape index (κ2) is 6.32. The summed E-state index contributed by atoms with van der Waals surface area (Å²) < 4.78 is 9.49. The summed E-state index contributed by atoms with van der Waals surface area (Å²) in [7, 11) is 3.67. The van der Waals surface area contributed by atoms with E-state index in [9.17, 15) is 0 Å². The first-order valence-electron chi connectivity index (χ1n) is 8.06. The van der Waals surface area contributed by atoms with Crippen LogP contribution in [0.15, 0.2) is 61.3 Å². The molecule has 0 radical (unpaired) electrons. The van der Waals surface area contributed by atoms with Gasteiger partial charge in [0.05, 0.1) is 31.4 Å². The first-order valence-corrected chi connectivity index (χ1v) is 8.06. The molecule has 1 aromatic carbocycles. The van der Waals surface area contributed by atoms with Gasteiger partial charge in [-0.05, 0) is 24.3 Å². The second-order valence-corrected chi connectivity index (χ2v) is 5.83. The Morgan fingerprint density at radius 1 is 1.20 bits per heavy atom. The molecule has 0 bridgehead atoms. The normalized spacial score (nSPS) is 11.0. The number of imidazole rings is 2. The minimum absolute atomic E-state index is 0.677. The molecular formula is C19H19N5O. The van der Waals surface area contributed by atoms with Crippen LogP contribution in [0.1, 0.15) is 5.69 Å². The standard InChI is InChI=1S/C19H19N5O/c1-23-13-20-11-14(23)12-22-17-10-15(25-2)6-7-16(17)18-4-3-5-19-21-8-9-24(18)19/h3-11,13,22H,12H2,1-2H3. The number of nitrogens with one attached hydrogen (secondary N) is 1. The predicted octanol–water partition coefficient (Wildman–Crippen LogP) is 3.36. The van der Waals surface area contributed by atoms with Gasteiger partial charge in [0.1, 0.15) is 11.4 Å². The van der Waals surface area contributed by atoms with Crippen LogP contribution >= 0.6 is 0 Å². The molecular weight excluding hydrogens is 314 g/mol. The van der Waals surface area contributed by atoms with Crippen molar-refractivity contribution in [2.24, 2.45) is 7.05 Å². The number of nitrogens with zero attached hydrogens (tertiary/aromatic N) is 4. The minimum Gasteiger partial charge on any atom is -0.497 e. The third-order valence-electron chi connectivity index (χ3n) is 4.31. The van der Waals surface area contributed by atoms with Gasteiger partial charge in [-0.25, -0.2) is 9.97 Å². The number of rotatable bonds is 5. The minimum atomic E-state index is 0.677. The van der Waals surface area contributed by atoms with E-state index in [2.05, 4.69) is 31.8 Å². The number of fused-ring (bicyclic) bond motifs is 1. The molecule has 0 aliphatic heterocycles. The van der Waals surface area contributed by atoms with Crippen molar-refractivity contribution in [3.8, 4) is 17.0 Å². The van der Waals surface area contributed by atoms with Crippen molar-refractivity contribution in [1.82, 2.24) is 18.9 Å². The molecule has 126 valence electrons. The molecule has 0 fully saturated rings. The summed E-state index contributed by atoms with van der Waals surface area (Å²) in [6.45, 7) is 0.677. The number of hydrogen-bond donors (Lipinski definition) is 1. The van der Waals surface area contributed by atoms with Crippen LogP contribution < -0.4 is 10.1 Å². The maximum Gasteiger partial charge on any atom is 0.137 e. The van der Waals surface area contributed by atoms with Gasteiger partial charge >= 0.3 is 0 Å².